The Hall–Kier alpha value is -1.30. The van der Waals surface area contributed by atoms with Gasteiger partial charge in [0, 0.05) is 0 Å². The molecule has 0 aliphatic heterocycles. The minimum atomic E-state index is -1.83. The third-order valence-corrected chi connectivity index (χ3v) is 0. The highest BCUT2D eigenvalue weighted by Crippen LogP contribution is 1.42. The third-order valence-electron chi connectivity index (χ3n) is 0. The zero-order valence-electron chi connectivity index (χ0n) is 4.07. The molecule has 0 unspecified atom stereocenters. The topological polar surface area (TPSA) is 136 Å². The summed E-state index contributed by atoms with van der Waals surface area (Å²) < 4.78 is 0. The first-order chi connectivity index (χ1) is 3.15. The molecule has 0 saturated heterocycles. The summed E-state index contributed by atoms with van der Waals surface area (Å²) >= 11 is 0. The number of hydrogen-bond donors (Lipinski definition) is 4. The van der Waals surface area contributed by atoms with Gasteiger partial charge in [-0.15, -0.1) is 0 Å². The molecule has 0 saturated carbocycles. The van der Waals surface area contributed by atoms with E-state index < -0.39 is 6.16 Å². The molecule has 7 N–H and O–H groups in total. The Bertz CT molecular complexity index is 59.1. The minimum absolute atomic E-state index is 0. The van der Waals surface area contributed by atoms with Gasteiger partial charge in [0.2, 0.25) is 6.41 Å². The average molecular weight is 124 g/mol. The monoisotopic (exact) mass is 124 g/mol. The molecule has 0 aromatic heterocycles. The smallest absolute Gasteiger partial charge is 0.450 e. The van der Waals surface area contributed by atoms with Crippen molar-refractivity contribution in [2.45, 2.75) is 0 Å². The lowest BCUT2D eigenvalue weighted by atomic mass is 11.5. The summed E-state index contributed by atoms with van der Waals surface area (Å²) in [5.74, 6) is 0. The molecule has 50 valence electrons. The van der Waals surface area contributed by atoms with Crippen LogP contribution in [-0.4, -0.2) is 22.8 Å². The number of amides is 1. The standard InChI is InChI=1S/CH3NO.CH2O3.H3N/c2-1-3;2-1(3)4;/h1H,(H2,2,3);(H2,2,3,4);1H3. The van der Waals surface area contributed by atoms with Gasteiger partial charge in [-0.1, -0.05) is 0 Å². The van der Waals surface area contributed by atoms with Gasteiger partial charge in [-0.2, -0.15) is 0 Å². The second-order valence-corrected chi connectivity index (χ2v) is 0.419. The van der Waals surface area contributed by atoms with E-state index in [0.717, 1.165) is 0 Å². The summed E-state index contributed by atoms with van der Waals surface area (Å²) in [4.78, 5) is 17.1. The van der Waals surface area contributed by atoms with E-state index in [4.69, 9.17) is 19.8 Å². The van der Waals surface area contributed by atoms with Crippen molar-refractivity contribution >= 4 is 12.6 Å². The molecule has 1 amide bonds. The summed E-state index contributed by atoms with van der Waals surface area (Å²) in [5, 5.41) is 13.9. The van der Waals surface area contributed by atoms with Crippen LogP contribution in [0.3, 0.4) is 0 Å². The molecule has 6 nitrogen and oxygen atoms in total. The van der Waals surface area contributed by atoms with Gasteiger partial charge >= 0.3 is 6.16 Å². The van der Waals surface area contributed by atoms with Crippen LogP contribution in [0.4, 0.5) is 4.79 Å². The van der Waals surface area contributed by atoms with Gasteiger partial charge in [-0.05, 0) is 0 Å². The van der Waals surface area contributed by atoms with Crippen LogP contribution >= 0.6 is 0 Å². The number of rotatable bonds is 0. The Morgan fingerprint density at radius 1 is 1.50 bits per heavy atom. The van der Waals surface area contributed by atoms with Crippen LogP contribution in [0.15, 0.2) is 0 Å². The van der Waals surface area contributed by atoms with Crippen LogP contribution in [0.1, 0.15) is 0 Å². The maximum absolute atomic E-state index is 8.58. The lowest BCUT2D eigenvalue weighted by molar-refractivity contribution is -0.106. The SMILES string of the molecule is N.NC=O.O=C(O)O. The first-order valence-corrected chi connectivity index (χ1v) is 1.22. The largest absolute Gasteiger partial charge is 0.503 e. The second-order valence-electron chi connectivity index (χ2n) is 0.419. The fraction of sp³-hybridized carbons (Fsp3) is 0. The van der Waals surface area contributed by atoms with Gasteiger partial charge in [0.25, 0.3) is 0 Å². The third kappa shape index (κ3) is 38.1. The summed E-state index contributed by atoms with van der Waals surface area (Å²) in [7, 11) is 0. The lowest BCUT2D eigenvalue weighted by Gasteiger charge is -1.60. The molecule has 0 spiro atoms. The fourth-order valence-corrected chi connectivity index (χ4v) is 0. The highest BCUT2D eigenvalue weighted by molar-refractivity contribution is 5.53. The molecule has 0 rings (SSSR count). The molecule has 0 heterocycles. The van der Waals surface area contributed by atoms with Crippen LogP contribution in [0, 0.1) is 0 Å². The van der Waals surface area contributed by atoms with E-state index in [1.807, 2.05) is 0 Å². The van der Waals surface area contributed by atoms with Crippen LogP contribution in [0.25, 0.3) is 0 Å². The molecule has 0 aromatic rings. The molecule has 6 heteroatoms. The van der Waals surface area contributed by atoms with E-state index in [1.54, 1.807) is 0 Å². The van der Waals surface area contributed by atoms with Crippen LogP contribution < -0.4 is 11.9 Å². The minimum Gasteiger partial charge on any atom is -0.450 e. The second kappa shape index (κ2) is 17.3. The quantitative estimate of drug-likeness (QED) is 0.322. The highest BCUT2D eigenvalue weighted by atomic mass is 16.6. The summed E-state index contributed by atoms with van der Waals surface area (Å²) in [5.41, 5.74) is 4.17. The fourth-order valence-electron chi connectivity index (χ4n) is 0. The summed E-state index contributed by atoms with van der Waals surface area (Å²) in [6.07, 6.45) is -1.58. The maximum atomic E-state index is 8.58. The molecule has 0 bridgehead atoms. The van der Waals surface area contributed by atoms with Crippen molar-refractivity contribution < 1.29 is 19.8 Å². The Morgan fingerprint density at radius 3 is 1.50 bits per heavy atom. The predicted molar refractivity (Wildman–Crippen MR) is 25.9 cm³/mol. The van der Waals surface area contributed by atoms with Crippen molar-refractivity contribution in [2.75, 3.05) is 0 Å². The molecular weight excluding hydrogens is 116 g/mol. The Kier molecular flexibility index (Phi) is 34.3. The molecule has 8 heavy (non-hydrogen) atoms. The predicted octanol–water partition coefficient (Wildman–Crippen LogP) is -0.514. The van der Waals surface area contributed by atoms with E-state index in [2.05, 4.69) is 5.73 Å². The molecule has 0 fully saturated rings. The number of primary amides is 1. The van der Waals surface area contributed by atoms with E-state index in [9.17, 15) is 0 Å². The maximum Gasteiger partial charge on any atom is 0.503 e. The van der Waals surface area contributed by atoms with Gasteiger partial charge in [-0.25, -0.2) is 4.79 Å². The normalized spacial score (nSPS) is 4.50. The first-order valence-electron chi connectivity index (χ1n) is 1.22. The van der Waals surface area contributed by atoms with E-state index >= 15 is 0 Å². The molecular formula is C2H8N2O4. The number of carboxylic acid groups (broad SMARTS) is 2. The molecule has 0 aromatic carbocycles. The van der Waals surface area contributed by atoms with Crippen molar-refractivity contribution in [3.8, 4) is 0 Å². The molecule has 0 aliphatic rings. The van der Waals surface area contributed by atoms with Crippen LogP contribution in [0.2, 0.25) is 0 Å². The summed E-state index contributed by atoms with van der Waals surface area (Å²) in [6, 6.07) is 0. The van der Waals surface area contributed by atoms with Gasteiger partial charge in [0.05, 0.1) is 0 Å². The lowest BCUT2D eigenvalue weighted by Crippen LogP contribution is -1.82. The van der Waals surface area contributed by atoms with Crippen molar-refractivity contribution in [3.05, 3.63) is 0 Å². The Morgan fingerprint density at radius 2 is 1.50 bits per heavy atom. The zero-order valence-corrected chi connectivity index (χ0v) is 4.07. The van der Waals surface area contributed by atoms with Crippen molar-refractivity contribution in [2.24, 2.45) is 5.73 Å². The van der Waals surface area contributed by atoms with Crippen LogP contribution in [-0.2, 0) is 4.79 Å². The van der Waals surface area contributed by atoms with E-state index in [1.165, 1.54) is 0 Å². The van der Waals surface area contributed by atoms with Gasteiger partial charge < -0.3 is 22.1 Å². The number of nitrogens with two attached hydrogens (primary N) is 1. The zero-order chi connectivity index (χ0) is 6.28. The Balaban J connectivity index is -0.0000000575. The van der Waals surface area contributed by atoms with E-state index in [-0.39, 0.29) is 12.6 Å². The molecule has 0 atom stereocenters. The number of carbonyl (C=O) groups excluding carboxylic acids is 1. The molecule has 0 radical (unpaired) electrons. The molecule has 0 aliphatic carbocycles. The van der Waals surface area contributed by atoms with Gasteiger partial charge in [0.15, 0.2) is 0 Å². The van der Waals surface area contributed by atoms with Crippen molar-refractivity contribution in [1.29, 1.82) is 0 Å². The number of hydrogen-bond acceptors (Lipinski definition) is 3. The Labute approximate surface area is 45.5 Å². The highest BCUT2D eigenvalue weighted by Gasteiger charge is 1.70. The first kappa shape index (κ1) is 15.9. The van der Waals surface area contributed by atoms with E-state index in [0.29, 0.717) is 0 Å². The van der Waals surface area contributed by atoms with Crippen molar-refractivity contribution in [3.63, 3.8) is 0 Å². The van der Waals surface area contributed by atoms with Gasteiger partial charge in [-0.3, -0.25) is 4.79 Å². The van der Waals surface area contributed by atoms with Crippen molar-refractivity contribution in [1.82, 2.24) is 6.15 Å². The van der Waals surface area contributed by atoms with Crippen LogP contribution in [0.5, 0.6) is 0 Å². The van der Waals surface area contributed by atoms with Gasteiger partial charge in [0.1, 0.15) is 0 Å². The number of carbonyl (C=O) groups is 2. The average Bonchev–Trinajstić information content (AvgIpc) is 1.33. The summed E-state index contributed by atoms with van der Waals surface area (Å²) in [6.45, 7) is 0.